The normalized spacial score (nSPS) is 12.2. The van der Waals surface area contributed by atoms with Gasteiger partial charge in [0, 0.05) is 15.8 Å². The average molecular weight is 290 g/mol. The lowest BCUT2D eigenvalue weighted by Crippen LogP contribution is -2.33. The molecule has 3 nitrogen and oxygen atoms in total. The topological polar surface area (TPSA) is 52.3 Å². The second-order valence-electron chi connectivity index (χ2n) is 2.99. The fourth-order valence-corrected chi connectivity index (χ4v) is 1.49. The Morgan fingerprint density at radius 3 is 2.80 bits per heavy atom. The Morgan fingerprint density at radius 1 is 1.53 bits per heavy atom. The van der Waals surface area contributed by atoms with Gasteiger partial charge in [-0.15, -0.1) is 0 Å². The Morgan fingerprint density at radius 2 is 2.20 bits per heavy atom. The molecule has 1 aromatic carbocycles. The first kappa shape index (κ1) is 12.5. The molecule has 1 rings (SSSR count). The van der Waals surface area contributed by atoms with Crippen LogP contribution >= 0.6 is 28.6 Å². The number of benzene rings is 1. The summed E-state index contributed by atoms with van der Waals surface area (Å²) in [7, 11) is 0. The van der Waals surface area contributed by atoms with Crippen LogP contribution in [0.25, 0.3) is 0 Å². The average Bonchev–Trinajstić information content (AvgIpc) is 2.26. The highest BCUT2D eigenvalue weighted by molar-refractivity contribution is 9.10. The van der Waals surface area contributed by atoms with Gasteiger partial charge in [-0.1, -0.05) is 34.1 Å². The van der Waals surface area contributed by atoms with E-state index in [0.29, 0.717) is 0 Å². The first-order chi connectivity index (χ1) is 7.15. The van der Waals surface area contributed by atoms with Gasteiger partial charge in [0.25, 0.3) is 0 Å². The van der Waals surface area contributed by atoms with Crippen molar-refractivity contribution in [2.24, 2.45) is 5.73 Å². The van der Waals surface area contributed by atoms with Crippen molar-refractivity contribution in [3.8, 4) is 0 Å². The van der Waals surface area contributed by atoms with Gasteiger partial charge in [0.05, 0.1) is 0 Å². The minimum atomic E-state index is -0.657. The van der Waals surface area contributed by atoms with Gasteiger partial charge in [-0.25, -0.2) is 0 Å². The van der Waals surface area contributed by atoms with Crippen molar-refractivity contribution in [3.63, 3.8) is 0 Å². The van der Waals surface area contributed by atoms with Gasteiger partial charge in [-0.3, -0.25) is 4.79 Å². The lowest BCUT2D eigenvalue weighted by Gasteiger charge is -2.09. The van der Waals surface area contributed by atoms with Crippen LogP contribution in [0.2, 0.25) is 0 Å². The summed E-state index contributed by atoms with van der Waals surface area (Å²) in [5.41, 5.74) is 6.37. The number of carbonyl (C=O) groups is 1. The van der Waals surface area contributed by atoms with E-state index < -0.39 is 12.0 Å². The van der Waals surface area contributed by atoms with Gasteiger partial charge in [0.2, 0.25) is 0 Å². The highest BCUT2D eigenvalue weighted by Gasteiger charge is 2.13. The van der Waals surface area contributed by atoms with Gasteiger partial charge in [-0.05, 0) is 6.07 Å². The summed E-state index contributed by atoms with van der Waals surface area (Å²) in [6, 6.07) is 6.89. The summed E-state index contributed by atoms with van der Waals surface area (Å²) < 4.78 is 5.93. The third kappa shape index (κ3) is 3.85. The molecule has 0 aliphatic carbocycles. The third-order valence-electron chi connectivity index (χ3n) is 1.83. The molecule has 0 unspecified atom stereocenters. The summed E-state index contributed by atoms with van der Waals surface area (Å²) in [6.45, 7) is 0.224. The Balaban J connectivity index is 2.51. The molecule has 0 aromatic heterocycles. The van der Waals surface area contributed by atoms with Crippen LogP contribution in [0.4, 0.5) is 0 Å². The van der Waals surface area contributed by atoms with Crippen molar-refractivity contribution in [1.29, 1.82) is 0 Å². The number of hydrogen-bond donors (Lipinski definition) is 2. The Hall–Kier alpha value is -0.520. The third-order valence-corrected chi connectivity index (χ3v) is 2.99. The highest BCUT2D eigenvalue weighted by atomic mass is 79.9. The molecule has 5 heteroatoms. The predicted molar refractivity (Wildman–Crippen MR) is 65.8 cm³/mol. The SMILES string of the molecule is N[C@@H](CS)C(=O)OCc1ccccc1Br. The van der Waals surface area contributed by atoms with Crippen LogP contribution in [0, 0.1) is 0 Å². The minimum absolute atomic E-state index is 0.224. The predicted octanol–water partition coefficient (Wildman–Crippen LogP) is 1.75. The molecule has 0 heterocycles. The molecule has 1 aromatic rings. The fourth-order valence-electron chi connectivity index (χ4n) is 0.946. The summed E-state index contributed by atoms with van der Waals surface area (Å²) in [5.74, 6) is -0.143. The minimum Gasteiger partial charge on any atom is -0.460 e. The number of rotatable bonds is 4. The van der Waals surface area contributed by atoms with E-state index in [1.54, 1.807) is 0 Å². The van der Waals surface area contributed by atoms with Crippen molar-refractivity contribution in [3.05, 3.63) is 34.3 Å². The zero-order valence-corrected chi connectivity index (χ0v) is 10.5. The van der Waals surface area contributed by atoms with E-state index in [0.717, 1.165) is 10.0 Å². The Bertz CT molecular complexity index is 346. The van der Waals surface area contributed by atoms with Crippen LogP contribution < -0.4 is 5.73 Å². The van der Waals surface area contributed by atoms with Crippen LogP contribution in [0.5, 0.6) is 0 Å². The van der Waals surface area contributed by atoms with Crippen LogP contribution in [-0.4, -0.2) is 17.8 Å². The fraction of sp³-hybridized carbons (Fsp3) is 0.300. The molecule has 0 aliphatic heterocycles. The van der Waals surface area contributed by atoms with Gasteiger partial charge in [-0.2, -0.15) is 12.6 Å². The summed E-state index contributed by atoms with van der Waals surface area (Å²) >= 11 is 7.28. The van der Waals surface area contributed by atoms with Crippen molar-refractivity contribution < 1.29 is 9.53 Å². The molecule has 0 spiro atoms. The molecule has 0 amide bonds. The van der Waals surface area contributed by atoms with Crippen molar-refractivity contribution in [2.45, 2.75) is 12.6 Å². The first-order valence-corrected chi connectivity index (χ1v) is 5.84. The number of hydrogen-bond acceptors (Lipinski definition) is 4. The molecule has 82 valence electrons. The first-order valence-electron chi connectivity index (χ1n) is 4.41. The number of ether oxygens (including phenoxy) is 1. The van der Waals surface area contributed by atoms with Crippen LogP contribution in [0.15, 0.2) is 28.7 Å². The second kappa shape index (κ2) is 6.15. The molecule has 0 bridgehead atoms. The van der Waals surface area contributed by atoms with E-state index in [9.17, 15) is 4.79 Å². The van der Waals surface area contributed by atoms with E-state index in [1.807, 2.05) is 24.3 Å². The van der Waals surface area contributed by atoms with Gasteiger partial charge in [0.15, 0.2) is 0 Å². The number of nitrogens with two attached hydrogens (primary N) is 1. The van der Waals surface area contributed by atoms with E-state index in [1.165, 1.54) is 0 Å². The van der Waals surface area contributed by atoms with Crippen LogP contribution in [0.1, 0.15) is 5.56 Å². The largest absolute Gasteiger partial charge is 0.460 e. The number of esters is 1. The zero-order valence-electron chi connectivity index (χ0n) is 8.02. The Labute approximate surface area is 103 Å². The van der Waals surface area contributed by atoms with Crippen molar-refractivity contribution >= 4 is 34.5 Å². The standard InChI is InChI=1S/C10H12BrNO2S/c11-8-4-2-1-3-7(8)5-14-10(13)9(12)6-15/h1-4,9,15H,5-6,12H2/t9-/m0/s1. The van der Waals surface area contributed by atoms with E-state index in [-0.39, 0.29) is 12.4 Å². The molecule has 0 fully saturated rings. The second-order valence-corrected chi connectivity index (χ2v) is 4.21. The maximum Gasteiger partial charge on any atom is 0.324 e. The molecule has 15 heavy (non-hydrogen) atoms. The summed E-state index contributed by atoms with van der Waals surface area (Å²) in [6.07, 6.45) is 0. The number of halogens is 1. The molecule has 1 atom stereocenters. The monoisotopic (exact) mass is 289 g/mol. The van der Waals surface area contributed by atoms with E-state index in [4.69, 9.17) is 10.5 Å². The molecular weight excluding hydrogens is 278 g/mol. The van der Waals surface area contributed by atoms with Crippen molar-refractivity contribution in [2.75, 3.05) is 5.75 Å². The van der Waals surface area contributed by atoms with Gasteiger partial charge < -0.3 is 10.5 Å². The maximum absolute atomic E-state index is 11.2. The number of thiol groups is 1. The lowest BCUT2D eigenvalue weighted by atomic mass is 10.2. The molecule has 0 radical (unpaired) electrons. The highest BCUT2D eigenvalue weighted by Crippen LogP contribution is 2.16. The smallest absolute Gasteiger partial charge is 0.324 e. The number of carbonyl (C=O) groups excluding carboxylic acids is 1. The Kier molecular flexibility index (Phi) is 5.14. The quantitative estimate of drug-likeness (QED) is 0.656. The van der Waals surface area contributed by atoms with E-state index >= 15 is 0 Å². The molecule has 0 saturated heterocycles. The van der Waals surface area contributed by atoms with Gasteiger partial charge in [0.1, 0.15) is 12.6 Å². The summed E-state index contributed by atoms with van der Waals surface area (Å²) in [4.78, 5) is 11.2. The zero-order chi connectivity index (χ0) is 11.3. The van der Waals surface area contributed by atoms with Crippen LogP contribution in [-0.2, 0) is 16.1 Å². The molecular formula is C10H12BrNO2S. The molecule has 2 N–H and O–H groups in total. The van der Waals surface area contributed by atoms with Crippen LogP contribution in [0.3, 0.4) is 0 Å². The molecule has 0 saturated carbocycles. The maximum atomic E-state index is 11.2. The summed E-state index contributed by atoms with van der Waals surface area (Å²) in [5, 5.41) is 0. The lowest BCUT2D eigenvalue weighted by molar-refractivity contribution is -0.145. The van der Waals surface area contributed by atoms with Crippen molar-refractivity contribution in [1.82, 2.24) is 0 Å². The van der Waals surface area contributed by atoms with Gasteiger partial charge >= 0.3 is 5.97 Å². The molecule has 0 aliphatic rings. The van der Waals surface area contributed by atoms with E-state index in [2.05, 4.69) is 28.6 Å².